The molecule has 0 saturated carbocycles. The van der Waals surface area contributed by atoms with E-state index in [0.29, 0.717) is 0 Å². The summed E-state index contributed by atoms with van der Waals surface area (Å²) in [5.41, 5.74) is 0. The van der Waals surface area contributed by atoms with Gasteiger partial charge in [0, 0.05) is 6.42 Å². The van der Waals surface area contributed by atoms with E-state index in [0.717, 1.165) is 0 Å². The minimum Gasteiger partial charge on any atom is -0.230 e. The molecular formula is C7H7F8. The van der Waals surface area contributed by atoms with Crippen LogP contribution < -0.4 is 0 Å². The third-order valence-corrected chi connectivity index (χ3v) is 1.58. The van der Waals surface area contributed by atoms with Crippen LogP contribution in [0.25, 0.3) is 0 Å². The second kappa shape index (κ2) is 4.13. The summed E-state index contributed by atoms with van der Waals surface area (Å²) in [7, 11) is 0. The van der Waals surface area contributed by atoms with E-state index < -0.39 is 37.0 Å². The molecule has 1 atom stereocenters. The van der Waals surface area contributed by atoms with E-state index in [-0.39, 0.29) is 0 Å². The Bertz CT molecular complexity index is 206. The zero-order valence-electron chi connectivity index (χ0n) is 7.22. The molecule has 0 aromatic carbocycles. The predicted molar refractivity (Wildman–Crippen MR) is 35.4 cm³/mol. The highest BCUT2D eigenvalue weighted by Gasteiger charge is 2.68. The van der Waals surface area contributed by atoms with Gasteiger partial charge in [0.15, 0.2) is 0 Å². The molecule has 0 unspecified atom stereocenters. The summed E-state index contributed by atoms with van der Waals surface area (Å²) >= 11 is 0. The van der Waals surface area contributed by atoms with E-state index in [4.69, 9.17) is 0 Å². The van der Waals surface area contributed by atoms with Crippen LogP contribution in [0.1, 0.15) is 12.8 Å². The van der Waals surface area contributed by atoms with Gasteiger partial charge in [-0.25, -0.2) is 4.39 Å². The SMILES string of the molecule is [CH2]CCC(F)(F)C(F)(F)[C@H](F)C(F)(F)F. The third-order valence-electron chi connectivity index (χ3n) is 1.58. The van der Waals surface area contributed by atoms with E-state index >= 15 is 0 Å². The van der Waals surface area contributed by atoms with E-state index in [2.05, 4.69) is 6.92 Å². The number of halogens is 8. The van der Waals surface area contributed by atoms with Gasteiger partial charge in [0.2, 0.25) is 0 Å². The predicted octanol–water partition coefficient (Wildman–Crippen LogP) is 3.77. The Morgan fingerprint density at radius 2 is 1.33 bits per heavy atom. The fourth-order valence-electron chi connectivity index (χ4n) is 0.780. The molecule has 0 heterocycles. The van der Waals surface area contributed by atoms with E-state index in [1.807, 2.05) is 0 Å². The van der Waals surface area contributed by atoms with Gasteiger partial charge in [0.05, 0.1) is 0 Å². The molecule has 8 heteroatoms. The van der Waals surface area contributed by atoms with E-state index in [1.54, 1.807) is 0 Å². The van der Waals surface area contributed by atoms with Crippen molar-refractivity contribution in [2.45, 2.75) is 37.0 Å². The van der Waals surface area contributed by atoms with Gasteiger partial charge in [0.25, 0.3) is 6.17 Å². The van der Waals surface area contributed by atoms with Gasteiger partial charge in [-0.2, -0.15) is 30.7 Å². The maximum Gasteiger partial charge on any atom is 0.425 e. The number of alkyl halides is 8. The Morgan fingerprint density at radius 3 is 1.60 bits per heavy atom. The number of rotatable bonds is 4. The molecule has 0 aliphatic carbocycles. The molecule has 0 spiro atoms. The van der Waals surface area contributed by atoms with Crippen LogP contribution in [0, 0.1) is 6.92 Å². The molecular weight excluding hydrogens is 236 g/mol. The summed E-state index contributed by atoms with van der Waals surface area (Å²) in [4.78, 5) is 0. The number of hydrogen-bond donors (Lipinski definition) is 0. The molecule has 0 aromatic heterocycles. The van der Waals surface area contributed by atoms with Gasteiger partial charge < -0.3 is 0 Å². The second-order valence-electron chi connectivity index (χ2n) is 2.84. The van der Waals surface area contributed by atoms with Gasteiger partial charge in [-0.3, -0.25) is 0 Å². The van der Waals surface area contributed by atoms with Crippen molar-refractivity contribution in [2.75, 3.05) is 0 Å². The lowest BCUT2D eigenvalue weighted by Crippen LogP contribution is -2.53. The Balaban J connectivity index is 4.95. The fourth-order valence-corrected chi connectivity index (χ4v) is 0.780. The highest BCUT2D eigenvalue weighted by atomic mass is 19.4. The average Bonchev–Trinajstić information content (AvgIpc) is 2.00. The molecule has 91 valence electrons. The normalized spacial score (nSPS) is 16.6. The molecule has 0 N–H and O–H groups in total. The van der Waals surface area contributed by atoms with Crippen LogP contribution in [0.4, 0.5) is 35.1 Å². The lowest BCUT2D eigenvalue weighted by atomic mass is 10.0. The van der Waals surface area contributed by atoms with E-state index in [1.165, 1.54) is 0 Å². The summed E-state index contributed by atoms with van der Waals surface area (Å²) in [6.45, 7) is 2.79. The number of hydrogen-bond acceptors (Lipinski definition) is 0. The summed E-state index contributed by atoms with van der Waals surface area (Å²) in [5, 5.41) is 0. The highest BCUT2D eigenvalue weighted by Crippen LogP contribution is 2.46. The molecule has 0 rings (SSSR count). The standard InChI is InChI=1S/C7H7F8/c1-2-3-5(9,10)6(11,12)4(8)7(13,14)15/h4H,1-3H2/t4-/m0/s1. The largest absolute Gasteiger partial charge is 0.425 e. The molecule has 0 nitrogen and oxygen atoms in total. The van der Waals surface area contributed by atoms with E-state index in [9.17, 15) is 35.1 Å². The van der Waals surface area contributed by atoms with Crippen LogP contribution in [0.3, 0.4) is 0 Å². The highest BCUT2D eigenvalue weighted by molar-refractivity contribution is 4.94. The van der Waals surface area contributed by atoms with Crippen LogP contribution in [0.2, 0.25) is 0 Å². The molecule has 0 saturated heterocycles. The summed E-state index contributed by atoms with van der Waals surface area (Å²) in [6.07, 6.45) is -13.2. The Kier molecular flexibility index (Phi) is 3.98. The lowest BCUT2D eigenvalue weighted by molar-refractivity contribution is -0.307. The molecule has 15 heavy (non-hydrogen) atoms. The first-order valence-electron chi connectivity index (χ1n) is 3.72. The monoisotopic (exact) mass is 243 g/mol. The van der Waals surface area contributed by atoms with Crippen LogP contribution in [0.5, 0.6) is 0 Å². The van der Waals surface area contributed by atoms with Gasteiger partial charge in [-0.1, -0.05) is 6.92 Å². The van der Waals surface area contributed by atoms with Crippen LogP contribution in [-0.4, -0.2) is 24.2 Å². The first kappa shape index (κ1) is 14.4. The molecule has 0 bridgehead atoms. The smallest absolute Gasteiger partial charge is 0.230 e. The first-order chi connectivity index (χ1) is 6.47. The zero-order chi connectivity index (χ0) is 12.5. The first-order valence-corrected chi connectivity index (χ1v) is 3.72. The summed E-state index contributed by atoms with van der Waals surface area (Å²) in [6, 6.07) is 0. The molecule has 0 aromatic rings. The van der Waals surface area contributed by atoms with Gasteiger partial charge in [0.1, 0.15) is 0 Å². The quantitative estimate of drug-likeness (QED) is 0.659. The van der Waals surface area contributed by atoms with Crippen molar-refractivity contribution in [1.82, 2.24) is 0 Å². The summed E-state index contributed by atoms with van der Waals surface area (Å²) in [5.74, 6) is -10.8. The van der Waals surface area contributed by atoms with Gasteiger partial charge in [-0.15, -0.1) is 0 Å². The van der Waals surface area contributed by atoms with Crippen molar-refractivity contribution >= 4 is 0 Å². The summed E-state index contributed by atoms with van der Waals surface area (Å²) < 4.78 is 96.4. The van der Waals surface area contributed by atoms with Crippen LogP contribution in [-0.2, 0) is 0 Å². The van der Waals surface area contributed by atoms with Crippen LogP contribution >= 0.6 is 0 Å². The molecule has 0 fully saturated rings. The van der Waals surface area contributed by atoms with Crippen molar-refractivity contribution in [2.24, 2.45) is 0 Å². The Morgan fingerprint density at radius 1 is 0.933 bits per heavy atom. The topological polar surface area (TPSA) is 0 Å². The Hall–Kier alpha value is -0.560. The van der Waals surface area contributed by atoms with Crippen molar-refractivity contribution in [3.63, 3.8) is 0 Å². The minimum absolute atomic E-state index is 0.729. The van der Waals surface area contributed by atoms with Crippen molar-refractivity contribution in [3.05, 3.63) is 6.92 Å². The maximum atomic E-state index is 12.5. The van der Waals surface area contributed by atoms with Gasteiger partial charge >= 0.3 is 18.0 Å². The Labute approximate surface area is 80.3 Å². The average molecular weight is 243 g/mol. The maximum absolute atomic E-state index is 12.5. The lowest BCUT2D eigenvalue weighted by Gasteiger charge is -2.29. The van der Waals surface area contributed by atoms with Gasteiger partial charge in [-0.05, 0) is 6.42 Å². The molecule has 1 radical (unpaired) electrons. The van der Waals surface area contributed by atoms with Crippen molar-refractivity contribution in [1.29, 1.82) is 0 Å². The third kappa shape index (κ3) is 2.94. The fraction of sp³-hybridized carbons (Fsp3) is 0.857. The molecule has 0 amide bonds. The second-order valence-corrected chi connectivity index (χ2v) is 2.84. The molecule has 0 aliphatic rings. The van der Waals surface area contributed by atoms with Crippen LogP contribution in [0.15, 0.2) is 0 Å². The van der Waals surface area contributed by atoms with Crippen molar-refractivity contribution < 1.29 is 35.1 Å². The zero-order valence-corrected chi connectivity index (χ0v) is 7.22. The van der Waals surface area contributed by atoms with Crippen molar-refractivity contribution in [3.8, 4) is 0 Å². The minimum atomic E-state index is -6.02. The molecule has 0 aliphatic heterocycles.